The Bertz CT molecular complexity index is 1290. The number of rotatable bonds is 4. The summed E-state index contributed by atoms with van der Waals surface area (Å²) in [6.07, 6.45) is -2.29. The highest BCUT2D eigenvalue weighted by Gasteiger charge is 2.42. The van der Waals surface area contributed by atoms with Gasteiger partial charge in [-0.05, 0) is 36.8 Å². The van der Waals surface area contributed by atoms with Crippen molar-refractivity contribution in [3.63, 3.8) is 0 Å². The van der Waals surface area contributed by atoms with E-state index in [4.69, 9.17) is 0 Å². The molecular formula is C22H24F5N7O. The molecule has 0 N–H and O–H groups in total. The Hall–Kier alpha value is -3.25. The smallest absolute Gasteiger partial charge is 0.371 e. The minimum Gasteiger partial charge on any atom is -0.371 e. The minimum atomic E-state index is -4.49. The fourth-order valence-electron chi connectivity index (χ4n) is 5.15. The molecule has 0 amide bonds. The van der Waals surface area contributed by atoms with Crippen molar-refractivity contribution in [2.75, 3.05) is 36.0 Å². The Labute approximate surface area is 197 Å². The van der Waals surface area contributed by atoms with E-state index >= 15 is 0 Å². The standard InChI is InChI=1S/C22H24F5N7O/c1-31-19(35)15-11-29-34(12-17(23)24)18(15)30-20(31)32-7-3-21(4-8-32)5-9-33(13-21)14-2-6-28-16(10-14)22(25,26)27/h2,6,10-11,17H,3-5,7-9,12-13H2,1H3. The van der Waals surface area contributed by atoms with Crippen molar-refractivity contribution >= 4 is 22.7 Å². The van der Waals surface area contributed by atoms with Crippen molar-refractivity contribution in [3.8, 4) is 0 Å². The lowest BCUT2D eigenvalue weighted by Gasteiger charge is -2.40. The van der Waals surface area contributed by atoms with E-state index in [0.29, 0.717) is 37.8 Å². The molecule has 0 aliphatic carbocycles. The van der Waals surface area contributed by atoms with Crippen LogP contribution in [0.2, 0.25) is 0 Å². The molecule has 2 aliphatic heterocycles. The minimum absolute atomic E-state index is 0.0570. The summed E-state index contributed by atoms with van der Waals surface area (Å²) in [6, 6.07) is 2.69. The lowest BCUT2D eigenvalue weighted by molar-refractivity contribution is -0.141. The zero-order valence-electron chi connectivity index (χ0n) is 19.0. The van der Waals surface area contributed by atoms with Gasteiger partial charge in [0.05, 0.1) is 6.20 Å². The Balaban J connectivity index is 1.33. The van der Waals surface area contributed by atoms with Gasteiger partial charge in [0.1, 0.15) is 17.6 Å². The lowest BCUT2D eigenvalue weighted by Crippen LogP contribution is -2.44. The quantitative estimate of drug-likeness (QED) is 0.516. The van der Waals surface area contributed by atoms with Gasteiger partial charge in [-0.2, -0.15) is 23.3 Å². The summed E-state index contributed by atoms with van der Waals surface area (Å²) < 4.78 is 67.5. The van der Waals surface area contributed by atoms with Crippen LogP contribution in [0.4, 0.5) is 33.6 Å². The third-order valence-corrected chi connectivity index (χ3v) is 7.11. The fourth-order valence-corrected chi connectivity index (χ4v) is 5.15. The predicted octanol–water partition coefficient (Wildman–Crippen LogP) is 3.31. The second kappa shape index (κ2) is 8.45. The molecule has 3 aromatic heterocycles. The van der Waals surface area contributed by atoms with Crippen LogP contribution in [0.3, 0.4) is 0 Å². The van der Waals surface area contributed by atoms with Crippen molar-refractivity contribution in [1.29, 1.82) is 0 Å². The monoisotopic (exact) mass is 497 g/mol. The Morgan fingerprint density at radius 2 is 1.80 bits per heavy atom. The normalized spacial score (nSPS) is 18.4. The van der Waals surface area contributed by atoms with Gasteiger partial charge in [0.2, 0.25) is 5.95 Å². The maximum Gasteiger partial charge on any atom is 0.433 e. The SMILES string of the molecule is Cn1c(N2CCC3(CCN(c4ccnc(C(F)(F)F)c4)C3)CC2)nc2c(cnn2CC(F)F)c1=O. The number of pyridine rings is 1. The first-order valence-electron chi connectivity index (χ1n) is 11.3. The van der Waals surface area contributed by atoms with Gasteiger partial charge in [0, 0.05) is 45.1 Å². The summed E-state index contributed by atoms with van der Waals surface area (Å²) in [7, 11) is 1.60. The number of hydrogen-bond acceptors (Lipinski definition) is 6. The molecule has 188 valence electrons. The van der Waals surface area contributed by atoms with E-state index in [1.807, 2.05) is 9.80 Å². The number of anilines is 2. The third-order valence-electron chi connectivity index (χ3n) is 7.11. The molecule has 0 bridgehead atoms. The zero-order valence-corrected chi connectivity index (χ0v) is 19.0. The van der Waals surface area contributed by atoms with E-state index in [1.165, 1.54) is 17.0 Å². The first-order valence-corrected chi connectivity index (χ1v) is 11.3. The van der Waals surface area contributed by atoms with Crippen LogP contribution in [0.15, 0.2) is 29.3 Å². The van der Waals surface area contributed by atoms with Gasteiger partial charge in [0.25, 0.3) is 12.0 Å². The number of alkyl halides is 5. The highest BCUT2D eigenvalue weighted by atomic mass is 19.4. The first-order chi connectivity index (χ1) is 16.6. The Kier molecular flexibility index (Phi) is 5.67. The summed E-state index contributed by atoms with van der Waals surface area (Å²) in [5.74, 6) is 0.396. The Morgan fingerprint density at radius 1 is 1.11 bits per heavy atom. The fraction of sp³-hybridized carbons (Fsp3) is 0.545. The molecule has 8 nitrogen and oxygen atoms in total. The first kappa shape index (κ1) is 23.5. The van der Waals surface area contributed by atoms with Crippen molar-refractivity contribution in [3.05, 3.63) is 40.6 Å². The second-order valence-corrected chi connectivity index (χ2v) is 9.29. The van der Waals surface area contributed by atoms with Gasteiger partial charge in [0.15, 0.2) is 5.65 Å². The van der Waals surface area contributed by atoms with Crippen LogP contribution in [-0.2, 0) is 19.8 Å². The number of piperidine rings is 1. The second-order valence-electron chi connectivity index (χ2n) is 9.29. The zero-order chi connectivity index (χ0) is 25.0. The predicted molar refractivity (Wildman–Crippen MR) is 119 cm³/mol. The van der Waals surface area contributed by atoms with Crippen LogP contribution in [0, 0.1) is 5.41 Å². The molecule has 35 heavy (non-hydrogen) atoms. The lowest BCUT2D eigenvalue weighted by atomic mass is 9.78. The summed E-state index contributed by atoms with van der Waals surface area (Å²) in [5, 5.41) is 4.09. The molecule has 0 atom stereocenters. The largest absolute Gasteiger partial charge is 0.433 e. The van der Waals surface area contributed by atoms with E-state index in [9.17, 15) is 26.7 Å². The van der Waals surface area contributed by atoms with E-state index in [0.717, 1.165) is 30.0 Å². The van der Waals surface area contributed by atoms with Gasteiger partial charge >= 0.3 is 6.18 Å². The summed E-state index contributed by atoms with van der Waals surface area (Å²) in [5.41, 5.74) is -0.670. The number of aromatic nitrogens is 5. The van der Waals surface area contributed by atoms with Crippen LogP contribution >= 0.6 is 0 Å². The maximum atomic E-state index is 13.1. The molecule has 0 unspecified atom stereocenters. The molecule has 3 aromatic rings. The van der Waals surface area contributed by atoms with E-state index in [1.54, 1.807) is 13.1 Å². The molecule has 13 heteroatoms. The van der Waals surface area contributed by atoms with E-state index < -0.39 is 24.8 Å². The van der Waals surface area contributed by atoms with E-state index in [2.05, 4.69) is 15.1 Å². The van der Waals surface area contributed by atoms with Gasteiger partial charge in [-0.3, -0.25) is 14.3 Å². The van der Waals surface area contributed by atoms with Crippen LogP contribution in [0.25, 0.3) is 11.0 Å². The average Bonchev–Trinajstić information content (AvgIpc) is 3.41. The number of nitrogens with zero attached hydrogens (tertiary/aromatic N) is 7. The molecule has 2 aliphatic rings. The Morgan fingerprint density at radius 3 is 2.46 bits per heavy atom. The van der Waals surface area contributed by atoms with Crippen LogP contribution < -0.4 is 15.4 Å². The molecule has 2 saturated heterocycles. The van der Waals surface area contributed by atoms with Crippen LogP contribution in [0.5, 0.6) is 0 Å². The molecule has 0 aromatic carbocycles. The molecule has 1 spiro atoms. The summed E-state index contributed by atoms with van der Waals surface area (Å²) in [6.45, 7) is 1.82. The summed E-state index contributed by atoms with van der Waals surface area (Å²) >= 11 is 0. The van der Waals surface area contributed by atoms with Crippen LogP contribution in [-0.4, -0.2) is 56.9 Å². The highest BCUT2D eigenvalue weighted by molar-refractivity contribution is 5.74. The highest BCUT2D eigenvalue weighted by Crippen LogP contribution is 2.43. The molecule has 5 heterocycles. The third kappa shape index (κ3) is 4.31. The van der Waals surface area contributed by atoms with Gasteiger partial charge < -0.3 is 9.80 Å². The van der Waals surface area contributed by atoms with Crippen molar-refractivity contribution in [2.45, 2.75) is 38.4 Å². The molecule has 0 radical (unpaired) electrons. The molecule has 0 saturated carbocycles. The molecule has 5 rings (SSSR count). The van der Waals surface area contributed by atoms with Gasteiger partial charge in [-0.15, -0.1) is 0 Å². The van der Waals surface area contributed by atoms with Crippen molar-refractivity contribution in [1.82, 2.24) is 24.3 Å². The van der Waals surface area contributed by atoms with Crippen molar-refractivity contribution in [2.24, 2.45) is 12.5 Å². The van der Waals surface area contributed by atoms with Gasteiger partial charge in [-0.25, -0.2) is 13.5 Å². The average molecular weight is 497 g/mol. The molecular weight excluding hydrogens is 473 g/mol. The number of fused-ring (bicyclic) bond motifs is 1. The topological polar surface area (TPSA) is 72.1 Å². The van der Waals surface area contributed by atoms with Crippen LogP contribution in [0.1, 0.15) is 25.0 Å². The number of halogens is 5. The van der Waals surface area contributed by atoms with Gasteiger partial charge in [-0.1, -0.05) is 0 Å². The van der Waals surface area contributed by atoms with Crippen molar-refractivity contribution < 1.29 is 22.0 Å². The molecule has 2 fully saturated rings. The summed E-state index contributed by atoms with van der Waals surface area (Å²) in [4.78, 5) is 24.7. The maximum absolute atomic E-state index is 13.1. The van der Waals surface area contributed by atoms with E-state index in [-0.39, 0.29) is 22.0 Å². The number of hydrogen-bond donors (Lipinski definition) is 0.